The molecule has 0 fully saturated rings. The van der Waals surface area contributed by atoms with Crippen LogP contribution in [0.5, 0.6) is 0 Å². The van der Waals surface area contributed by atoms with Gasteiger partial charge in [-0.3, -0.25) is 4.57 Å². The molecule has 1 atom stereocenters. The molecule has 0 heterocycles. The van der Waals surface area contributed by atoms with Crippen molar-refractivity contribution in [3.63, 3.8) is 0 Å². The predicted octanol–water partition coefficient (Wildman–Crippen LogP) is 5.07. The van der Waals surface area contributed by atoms with Gasteiger partial charge in [-0.05, 0) is 27.2 Å². The van der Waals surface area contributed by atoms with Crippen molar-refractivity contribution in [2.45, 2.75) is 97.4 Å². The summed E-state index contributed by atoms with van der Waals surface area (Å²) in [6.07, 6.45) is 12.6. The molecule has 1 unspecified atom stereocenters. The van der Waals surface area contributed by atoms with Gasteiger partial charge in [-0.15, -0.1) is 0 Å². The van der Waals surface area contributed by atoms with Crippen LogP contribution in [-0.2, 0) is 4.57 Å². The highest BCUT2D eigenvalue weighted by Crippen LogP contribution is 2.42. The first kappa shape index (κ1) is 21.1. The quantitative estimate of drug-likeness (QED) is 0.389. The molecule has 0 saturated carbocycles. The van der Waals surface area contributed by atoms with Crippen molar-refractivity contribution in [2.24, 2.45) is 5.50 Å². The van der Waals surface area contributed by atoms with Crippen molar-refractivity contribution in [1.82, 2.24) is 4.67 Å². The molecular formula is C16H37N2O2P. The van der Waals surface area contributed by atoms with Crippen molar-refractivity contribution in [2.75, 3.05) is 6.54 Å². The highest BCUT2D eigenvalue weighted by Gasteiger charge is 2.32. The summed E-state index contributed by atoms with van der Waals surface area (Å²) in [5, 5.41) is 0. The number of nitrogens with two attached hydrogens (primary N) is 1. The van der Waals surface area contributed by atoms with Crippen molar-refractivity contribution < 1.29 is 9.46 Å². The summed E-state index contributed by atoms with van der Waals surface area (Å²) in [6, 6.07) is 0. The Morgan fingerprint density at radius 1 is 0.905 bits per heavy atom. The van der Waals surface area contributed by atoms with Gasteiger partial charge in [0.15, 0.2) is 0 Å². The van der Waals surface area contributed by atoms with Gasteiger partial charge in [0.1, 0.15) is 0 Å². The first-order valence-electron chi connectivity index (χ1n) is 8.59. The van der Waals surface area contributed by atoms with E-state index in [1.54, 1.807) is 4.67 Å². The van der Waals surface area contributed by atoms with Gasteiger partial charge in [0, 0.05) is 12.1 Å². The Balaban J connectivity index is 3.67. The highest BCUT2D eigenvalue weighted by molar-refractivity contribution is 7.52. The molecule has 0 aliphatic rings. The van der Waals surface area contributed by atoms with E-state index in [1.165, 1.54) is 51.4 Å². The average molecular weight is 320 g/mol. The minimum Gasteiger partial charge on any atom is -0.322 e. The second kappa shape index (κ2) is 10.8. The van der Waals surface area contributed by atoms with Crippen LogP contribution in [0.4, 0.5) is 0 Å². The Hall–Kier alpha value is 0.110. The van der Waals surface area contributed by atoms with Crippen LogP contribution in [-0.4, -0.2) is 21.6 Å². The second-order valence-corrected chi connectivity index (χ2v) is 8.73. The molecule has 0 rings (SSSR count). The SMILES string of the molecule is CCCCCCCCCCCCN(C(C)(C)C)P(N)(=O)O. The van der Waals surface area contributed by atoms with E-state index in [-0.39, 0.29) is 5.54 Å². The summed E-state index contributed by atoms with van der Waals surface area (Å²) in [5.74, 6) is 0. The lowest BCUT2D eigenvalue weighted by Crippen LogP contribution is -2.41. The minimum atomic E-state index is -3.64. The van der Waals surface area contributed by atoms with Crippen molar-refractivity contribution in [3.8, 4) is 0 Å². The topological polar surface area (TPSA) is 66.6 Å². The zero-order valence-electron chi connectivity index (χ0n) is 14.6. The Morgan fingerprint density at radius 3 is 1.62 bits per heavy atom. The summed E-state index contributed by atoms with van der Waals surface area (Å²) >= 11 is 0. The van der Waals surface area contributed by atoms with Crippen LogP contribution >= 0.6 is 7.67 Å². The number of nitrogens with zero attached hydrogens (tertiary/aromatic N) is 1. The van der Waals surface area contributed by atoms with Gasteiger partial charge in [-0.1, -0.05) is 64.7 Å². The smallest absolute Gasteiger partial charge is 0.322 e. The predicted molar refractivity (Wildman–Crippen MR) is 92.3 cm³/mol. The fraction of sp³-hybridized carbons (Fsp3) is 1.00. The van der Waals surface area contributed by atoms with Crippen LogP contribution in [0.3, 0.4) is 0 Å². The van der Waals surface area contributed by atoms with E-state index >= 15 is 0 Å². The zero-order chi connectivity index (χ0) is 16.4. The van der Waals surface area contributed by atoms with E-state index in [4.69, 9.17) is 5.50 Å². The third-order valence-corrected chi connectivity index (χ3v) is 5.34. The Kier molecular flexibility index (Phi) is 10.8. The maximum atomic E-state index is 11.7. The molecule has 0 aliphatic carbocycles. The van der Waals surface area contributed by atoms with Gasteiger partial charge in [-0.2, -0.15) is 0 Å². The van der Waals surface area contributed by atoms with Crippen molar-refractivity contribution in [3.05, 3.63) is 0 Å². The molecule has 21 heavy (non-hydrogen) atoms. The van der Waals surface area contributed by atoms with E-state index in [0.29, 0.717) is 6.54 Å². The first-order valence-corrected chi connectivity index (χ1v) is 10.3. The molecule has 0 aliphatic heterocycles. The number of rotatable bonds is 12. The minimum absolute atomic E-state index is 0.363. The van der Waals surface area contributed by atoms with Crippen LogP contribution in [0.2, 0.25) is 0 Å². The van der Waals surface area contributed by atoms with E-state index in [0.717, 1.165) is 12.8 Å². The third kappa shape index (κ3) is 11.3. The molecule has 5 heteroatoms. The summed E-state index contributed by atoms with van der Waals surface area (Å²) in [6.45, 7) is 8.63. The lowest BCUT2D eigenvalue weighted by Gasteiger charge is -2.36. The van der Waals surface area contributed by atoms with E-state index in [2.05, 4.69) is 6.92 Å². The Bertz CT molecular complexity index is 297. The normalized spacial score (nSPS) is 15.4. The standard InChI is InChI=1S/C16H37N2O2P/c1-5-6-7-8-9-10-11-12-13-14-15-18(16(2,3)4)21(17,19)20/h5-15H2,1-4H3,(H3,17,19,20). The molecule has 0 amide bonds. The first-order chi connectivity index (χ1) is 9.69. The molecule has 128 valence electrons. The maximum absolute atomic E-state index is 11.7. The van der Waals surface area contributed by atoms with E-state index < -0.39 is 7.67 Å². The summed E-state index contributed by atoms with van der Waals surface area (Å²) in [7, 11) is -3.64. The molecule has 0 aromatic heterocycles. The fourth-order valence-electron chi connectivity index (χ4n) is 2.66. The van der Waals surface area contributed by atoms with Gasteiger partial charge in [0.2, 0.25) is 0 Å². The molecule has 0 aromatic rings. The third-order valence-electron chi connectivity index (χ3n) is 3.84. The fourth-order valence-corrected chi connectivity index (χ4v) is 3.95. The number of hydrogen-bond acceptors (Lipinski definition) is 1. The molecule has 0 bridgehead atoms. The summed E-state index contributed by atoms with van der Waals surface area (Å²) < 4.78 is 13.3. The molecule has 0 aromatic carbocycles. The van der Waals surface area contributed by atoms with Crippen LogP contribution in [0.25, 0.3) is 0 Å². The van der Waals surface area contributed by atoms with Crippen molar-refractivity contribution >= 4 is 7.67 Å². The van der Waals surface area contributed by atoms with Gasteiger partial charge in [-0.25, -0.2) is 10.2 Å². The number of hydrogen-bond donors (Lipinski definition) is 2. The largest absolute Gasteiger partial charge is 0.338 e. The summed E-state index contributed by atoms with van der Waals surface area (Å²) in [5.41, 5.74) is 5.06. The highest BCUT2D eigenvalue weighted by atomic mass is 31.2. The van der Waals surface area contributed by atoms with Crippen LogP contribution in [0.15, 0.2) is 0 Å². The lowest BCUT2D eigenvalue weighted by atomic mass is 10.1. The van der Waals surface area contributed by atoms with Gasteiger partial charge in [0.05, 0.1) is 0 Å². The van der Waals surface area contributed by atoms with Crippen molar-refractivity contribution in [1.29, 1.82) is 0 Å². The molecule has 4 nitrogen and oxygen atoms in total. The molecule has 0 radical (unpaired) electrons. The van der Waals surface area contributed by atoms with Gasteiger partial charge < -0.3 is 4.89 Å². The zero-order valence-corrected chi connectivity index (χ0v) is 15.5. The van der Waals surface area contributed by atoms with Crippen LogP contribution in [0, 0.1) is 0 Å². The summed E-state index contributed by atoms with van der Waals surface area (Å²) in [4.78, 5) is 9.62. The Morgan fingerprint density at radius 2 is 1.29 bits per heavy atom. The average Bonchev–Trinajstić information content (AvgIpc) is 2.32. The van der Waals surface area contributed by atoms with Crippen LogP contribution in [0.1, 0.15) is 91.9 Å². The van der Waals surface area contributed by atoms with Gasteiger partial charge in [0.25, 0.3) is 0 Å². The van der Waals surface area contributed by atoms with Crippen LogP contribution < -0.4 is 5.50 Å². The van der Waals surface area contributed by atoms with E-state index in [9.17, 15) is 9.46 Å². The molecule has 3 N–H and O–H groups in total. The maximum Gasteiger partial charge on any atom is 0.338 e. The molecule has 0 saturated heterocycles. The second-order valence-electron chi connectivity index (χ2n) is 7.07. The Labute approximate surface area is 132 Å². The van der Waals surface area contributed by atoms with E-state index in [1.807, 2.05) is 20.8 Å². The molecule has 0 spiro atoms. The number of unbranched alkanes of at least 4 members (excludes halogenated alkanes) is 9. The monoisotopic (exact) mass is 320 g/mol. The lowest BCUT2D eigenvalue weighted by molar-refractivity contribution is 0.216. The molecular weight excluding hydrogens is 283 g/mol. The van der Waals surface area contributed by atoms with Gasteiger partial charge >= 0.3 is 7.67 Å².